The molecule has 1 aromatic carbocycles. The van der Waals surface area contributed by atoms with Crippen LogP contribution in [0.5, 0.6) is 0 Å². The lowest BCUT2D eigenvalue weighted by molar-refractivity contribution is -0.134. The molecule has 116 valence electrons. The molecule has 1 aromatic rings. The quantitative estimate of drug-likeness (QED) is 0.621. The highest BCUT2D eigenvalue weighted by Crippen LogP contribution is 2.46. The molecule has 2 heterocycles. The summed E-state index contributed by atoms with van der Waals surface area (Å²) in [6.45, 7) is 3.74. The number of hydrogen-bond acceptors (Lipinski definition) is 5. The first-order chi connectivity index (χ1) is 10.4. The normalized spacial score (nSPS) is 26.6. The number of aliphatic hydroxyl groups is 1. The highest BCUT2D eigenvalue weighted by Gasteiger charge is 2.48. The van der Waals surface area contributed by atoms with Gasteiger partial charge in [0.25, 0.3) is 0 Å². The number of rotatable bonds is 2. The number of carbonyl (C=O) groups excluding carboxylic acids is 3. The maximum absolute atomic E-state index is 12.1. The van der Waals surface area contributed by atoms with Crippen molar-refractivity contribution in [1.29, 1.82) is 0 Å². The Morgan fingerprint density at radius 3 is 2.73 bits per heavy atom. The summed E-state index contributed by atoms with van der Waals surface area (Å²) in [5, 5.41) is 13.0. The Bertz CT molecular complexity index is 668. The van der Waals surface area contributed by atoms with Gasteiger partial charge >= 0.3 is 0 Å². The number of aldehydes is 1. The molecule has 0 aliphatic carbocycles. The van der Waals surface area contributed by atoms with Gasteiger partial charge in [-0.3, -0.25) is 19.7 Å². The van der Waals surface area contributed by atoms with Crippen molar-refractivity contribution in [2.24, 2.45) is 0 Å². The van der Waals surface area contributed by atoms with Crippen LogP contribution in [0, 0.1) is 0 Å². The van der Waals surface area contributed by atoms with Crippen molar-refractivity contribution in [3.8, 4) is 0 Å². The number of piperidine rings is 1. The van der Waals surface area contributed by atoms with Gasteiger partial charge in [0.15, 0.2) is 0 Å². The summed E-state index contributed by atoms with van der Waals surface area (Å²) in [4.78, 5) is 36.1. The standard InChI is InChI=1S/C16H18N2O4/c1-16(2)10-7-9(8-19)3-4-11(10)18(15(16)22)12-5-6-13(20)17-14(12)21/h3-4,7-8,12,15,22H,5-6H2,1-2H3,(H,17,20,21). The molecule has 3 rings (SSSR count). The van der Waals surface area contributed by atoms with Crippen LogP contribution in [0.25, 0.3) is 0 Å². The second kappa shape index (κ2) is 4.91. The van der Waals surface area contributed by atoms with E-state index in [0.717, 1.165) is 17.5 Å². The minimum atomic E-state index is -0.895. The molecule has 2 amide bonds. The number of carbonyl (C=O) groups is 3. The Labute approximate surface area is 128 Å². The third kappa shape index (κ3) is 2.02. The fourth-order valence-corrected chi connectivity index (χ4v) is 3.27. The third-order valence-corrected chi connectivity index (χ3v) is 4.58. The Morgan fingerprint density at radius 1 is 1.36 bits per heavy atom. The molecule has 2 N–H and O–H groups in total. The molecule has 2 unspecified atom stereocenters. The van der Waals surface area contributed by atoms with E-state index in [0.29, 0.717) is 12.0 Å². The van der Waals surface area contributed by atoms with Gasteiger partial charge < -0.3 is 10.0 Å². The van der Waals surface area contributed by atoms with Crippen molar-refractivity contribution in [3.63, 3.8) is 0 Å². The number of aliphatic hydroxyl groups excluding tert-OH is 1. The van der Waals surface area contributed by atoms with Crippen LogP contribution in [0.15, 0.2) is 18.2 Å². The molecule has 2 aliphatic rings. The molecular weight excluding hydrogens is 284 g/mol. The van der Waals surface area contributed by atoms with Crippen LogP contribution in [0.1, 0.15) is 42.6 Å². The summed E-state index contributed by atoms with van der Waals surface area (Å²) in [5.41, 5.74) is 1.48. The highest BCUT2D eigenvalue weighted by molar-refractivity contribution is 6.02. The van der Waals surface area contributed by atoms with E-state index in [-0.39, 0.29) is 12.3 Å². The molecule has 0 aromatic heterocycles. The maximum Gasteiger partial charge on any atom is 0.249 e. The molecule has 1 fully saturated rings. The molecular formula is C16H18N2O4. The molecule has 6 heteroatoms. The van der Waals surface area contributed by atoms with Crippen molar-refractivity contribution >= 4 is 23.8 Å². The van der Waals surface area contributed by atoms with Crippen LogP contribution < -0.4 is 10.2 Å². The van der Waals surface area contributed by atoms with Gasteiger partial charge in [0, 0.05) is 23.1 Å². The smallest absolute Gasteiger partial charge is 0.249 e. The van der Waals surface area contributed by atoms with Gasteiger partial charge in [-0.05, 0) is 30.2 Å². The van der Waals surface area contributed by atoms with Gasteiger partial charge in [-0.15, -0.1) is 0 Å². The number of nitrogens with zero attached hydrogens (tertiary/aromatic N) is 1. The second-order valence-electron chi connectivity index (χ2n) is 6.36. The van der Waals surface area contributed by atoms with Crippen molar-refractivity contribution in [1.82, 2.24) is 5.32 Å². The molecule has 0 spiro atoms. The average Bonchev–Trinajstić information content (AvgIpc) is 2.67. The summed E-state index contributed by atoms with van der Waals surface area (Å²) in [6, 6.07) is 4.58. The van der Waals surface area contributed by atoms with Gasteiger partial charge in [-0.25, -0.2) is 0 Å². The van der Waals surface area contributed by atoms with Gasteiger partial charge in [-0.1, -0.05) is 13.8 Å². The number of hydrogen-bond donors (Lipinski definition) is 2. The van der Waals surface area contributed by atoms with E-state index in [4.69, 9.17) is 0 Å². The predicted molar refractivity (Wildman–Crippen MR) is 79.5 cm³/mol. The van der Waals surface area contributed by atoms with Crippen LogP contribution in [-0.4, -0.2) is 35.5 Å². The van der Waals surface area contributed by atoms with E-state index in [9.17, 15) is 19.5 Å². The van der Waals surface area contributed by atoms with E-state index >= 15 is 0 Å². The van der Waals surface area contributed by atoms with Gasteiger partial charge in [0.1, 0.15) is 18.6 Å². The first kappa shape index (κ1) is 14.7. The van der Waals surface area contributed by atoms with Gasteiger partial charge in [0.05, 0.1) is 0 Å². The Kier molecular flexibility index (Phi) is 3.29. The number of anilines is 1. The highest BCUT2D eigenvalue weighted by atomic mass is 16.3. The molecule has 6 nitrogen and oxygen atoms in total. The molecule has 2 aliphatic heterocycles. The summed E-state index contributed by atoms with van der Waals surface area (Å²) in [7, 11) is 0. The number of imide groups is 1. The van der Waals surface area contributed by atoms with Crippen LogP contribution in [0.4, 0.5) is 5.69 Å². The minimum Gasteiger partial charge on any atom is -0.373 e. The van der Waals surface area contributed by atoms with E-state index < -0.39 is 23.6 Å². The SMILES string of the molecule is CC1(C)c2cc(C=O)ccc2N(C2CCC(=O)NC2=O)C1O. The minimum absolute atomic E-state index is 0.252. The molecule has 0 bridgehead atoms. The van der Waals surface area contributed by atoms with Crippen molar-refractivity contribution in [2.75, 3.05) is 4.90 Å². The lowest BCUT2D eigenvalue weighted by Gasteiger charge is -2.36. The molecule has 2 atom stereocenters. The van der Waals surface area contributed by atoms with Crippen LogP contribution in [0.3, 0.4) is 0 Å². The second-order valence-corrected chi connectivity index (χ2v) is 6.36. The van der Waals surface area contributed by atoms with Crippen LogP contribution in [-0.2, 0) is 15.0 Å². The lowest BCUT2D eigenvalue weighted by atomic mass is 9.84. The number of amides is 2. The first-order valence-corrected chi connectivity index (χ1v) is 7.26. The fraction of sp³-hybridized carbons (Fsp3) is 0.438. The van der Waals surface area contributed by atoms with Crippen molar-refractivity contribution in [2.45, 2.75) is 44.4 Å². The largest absolute Gasteiger partial charge is 0.373 e. The van der Waals surface area contributed by atoms with E-state index in [1.165, 1.54) is 0 Å². The zero-order valence-corrected chi connectivity index (χ0v) is 12.5. The molecule has 1 saturated heterocycles. The zero-order chi connectivity index (χ0) is 16.1. The monoisotopic (exact) mass is 302 g/mol. The van der Waals surface area contributed by atoms with Crippen LogP contribution in [0.2, 0.25) is 0 Å². The first-order valence-electron chi connectivity index (χ1n) is 7.26. The Hall–Kier alpha value is -2.21. The average molecular weight is 302 g/mol. The third-order valence-electron chi connectivity index (χ3n) is 4.58. The van der Waals surface area contributed by atoms with Gasteiger partial charge in [-0.2, -0.15) is 0 Å². The molecule has 22 heavy (non-hydrogen) atoms. The number of nitrogens with one attached hydrogen (secondary N) is 1. The summed E-state index contributed by atoms with van der Waals surface area (Å²) >= 11 is 0. The summed E-state index contributed by atoms with van der Waals surface area (Å²) in [6.07, 6.45) is 0.486. The summed E-state index contributed by atoms with van der Waals surface area (Å²) in [5.74, 6) is -0.677. The zero-order valence-electron chi connectivity index (χ0n) is 12.5. The van der Waals surface area contributed by atoms with Crippen molar-refractivity contribution < 1.29 is 19.5 Å². The topological polar surface area (TPSA) is 86.7 Å². The van der Waals surface area contributed by atoms with E-state index in [1.807, 2.05) is 13.8 Å². The number of benzene rings is 1. The van der Waals surface area contributed by atoms with Crippen LogP contribution >= 0.6 is 0 Å². The van der Waals surface area contributed by atoms with E-state index in [2.05, 4.69) is 5.32 Å². The molecule has 0 radical (unpaired) electrons. The Morgan fingerprint density at radius 2 is 2.09 bits per heavy atom. The lowest BCUT2D eigenvalue weighted by Crippen LogP contribution is -2.56. The van der Waals surface area contributed by atoms with Gasteiger partial charge in [0.2, 0.25) is 11.8 Å². The van der Waals surface area contributed by atoms with E-state index in [1.54, 1.807) is 23.1 Å². The summed E-state index contributed by atoms with van der Waals surface area (Å²) < 4.78 is 0. The predicted octanol–water partition coefficient (Wildman–Crippen LogP) is 0.720. The Balaban J connectivity index is 2.06. The van der Waals surface area contributed by atoms with Crippen molar-refractivity contribution in [3.05, 3.63) is 29.3 Å². The maximum atomic E-state index is 12.1. The number of fused-ring (bicyclic) bond motifs is 1. The fourth-order valence-electron chi connectivity index (χ4n) is 3.27. The molecule has 0 saturated carbocycles.